The zero-order valence-electron chi connectivity index (χ0n) is 19.9. The Kier molecular flexibility index (Phi) is 7.06. The molecule has 194 valence electrons. The molecule has 3 N–H and O–H groups in total. The number of oxazole rings is 1. The number of alkyl halides is 2. The van der Waals surface area contributed by atoms with Crippen molar-refractivity contribution in [3.63, 3.8) is 0 Å². The van der Waals surface area contributed by atoms with Crippen molar-refractivity contribution in [2.24, 2.45) is 5.73 Å². The molecule has 11 heteroatoms. The van der Waals surface area contributed by atoms with E-state index in [0.717, 1.165) is 10.9 Å². The van der Waals surface area contributed by atoms with E-state index in [0.29, 0.717) is 30.8 Å². The third-order valence-corrected chi connectivity index (χ3v) is 5.87. The second kappa shape index (κ2) is 10.6. The molecule has 1 saturated heterocycles. The lowest BCUT2D eigenvalue weighted by molar-refractivity contribution is -0.0520. The summed E-state index contributed by atoms with van der Waals surface area (Å²) in [5.41, 5.74) is 8.01. The summed E-state index contributed by atoms with van der Waals surface area (Å²) in [7, 11) is 0. The summed E-state index contributed by atoms with van der Waals surface area (Å²) in [5.74, 6) is -0.252. The van der Waals surface area contributed by atoms with Gasteiger partial charge < -0.3 is 34.1 Å². The Bertz CT molecular complexity index is 1390. The molecule has 3 heterocycles. The maximum absolute atomic E-state index is 13.1. The fraction of sp³-hybridized carbons (Fsp3) is 0.308. The van der Waals surface area contributed by atoms with Crippen molar-refractivity contribution >= 4 is 16.9 Å². The van der Waals surface area contributed by atoms with Gasteiger partial charge >= 0.3 is 6.61 Å². The number of rotatable bonds is 9. The van der Waals surface area contributed by atoms with Gasteiger partial charge in [-0.3, -0.25) is 4.79 Å². The van der Waals surface area contributed by atoms with Gasteiger partial charge in [0.15, 0.2) is 23.0 Å². The zero-order valence-corrected chi connectivity index (χ0v) is 19.9. The SMILES string of the molecule is C[C@H](N)c1oc(-c2ccc(OC(F)F)c(OC3CCOC3)c2)nc1C(=O)NCc1coc2ccccc12. The number of carbonyl (C=O) groups excluding carboxylic acids is 1. The summed E-state index contributed by atoms with van der Waals surface area (Å²) < 4.78 is 53.0. The first-order valence-corrected chi connectivity index (χ1v) is 11.7. The van der Waals surface area contributed by atoms with Crippen LogP contribution in [-0.2, 0) is 11.3 Å². The van der Waals surface area contributed by atoms with Crippen LogP contribution in [0.25, 0.3) is 22.4 Å². The predicted molar refractivity (Wildman–Crippen MR) is 128 cm³/mol. The fourth-order valence-electron chi connectivity index (χ4n) is 4.07. The van der Waals surface area contributed by atoms with Crippen molar-refractivity contribution in [3.8, 4) is 23.0 Å². The van der Waals surface area contributed by atoms with Crippen LogP contribution in [0.1, 0.15) is 41.2 Å². The number of amides is 1. The number of halogens is 2. The molecular weight excluding hydrogens is 488 g/mol. The number of fused-ring (bicyclic) bond motifs is 1. The molecule has 0 bridgehead atoms. The smallest absolute Gasteiger partial charge is 0.387 e. The molecule has 2 atom stereocenters. The van der Waals surface area contributed by atoms with Gasteiger partial charge in [-0.2, -0.15) is 8.78 Å². The molecule has 4 aromatic rings. The van der Waals surface area contributed by atoms with Gasteiger partial charge in [0.2, 0.25) is 5.89 Å². The molecule has 0 saturated carbocycles. The average molecular weight is 513 g/mol. The van der Waals surface area contributed by atoms with Gasteiger partial charge in [-0.15, -0.1) is 0 Å². The van der Waals surface area contributed by atoms with Crippen molar-refractivity contribution in [3.05, 3.63) is 65.7 Å². The highest BCUT2D eigenvalue weighted by atomic mass is 19.3. The predicted octanol–water partition coefficient (Wildman–Crippen LogP) is 4.81. The normalized spacial score (nSPS) is 16.3. The molecule has 0 aliphatic carbocycles. The lowest BCUT2D eigenvalue weighted by Gasteiger charge is -2.16. The second-order valence-electron chi connectivity index (χ2n) is 8.60. The number of hydrogen-bond donors (Lipinski definition) is 2. The molecule has 9 nitrogen and oxygen atoms in total. The molecular formula is C26H25F2N3O6. The molecule has 1 unspecified atom stereocenters. The lowest BCUT2D eigenvalue weighted by atomic mass is 10.1. The molecule has 1 fully saturated rings. The van der Waals surface area contributed by atoms with Gasteiger partial charge in [-0.1, -0.05) is 18.2 Å². The largest absolute Gasteiger partial charge is 0.484 e. The molecule has 2 aromatic carbocycles. The van der Waals surface area contributed by atoms with E-state index in [4.69, 9.17) is 24.0 Å². The van der Waals surface area contributed by atoms with Gasteiger partial charge in [0, 0.05) is 29.5 Å². The van der Waals surface area contributed by atoms with Crippen LogP contribution in [0.15, 0.2) is 57.6 Å². The average Bonchev–Trinajstić information content (AvgIpc) is 3.63. The lowest BCUT2D eigenvalue weighted by Crippen LogP contribution is -2.25. The Morgan fingerprint density at radius 2 is 2.08 bits per heavy atom. The minimum Gasteiger partial charge on any atom is -0.484 e. The molecule has 0 spiro atoms. The number of para-hydroxylation sites is 1. The molecule has 0 radical (unpaired) electrons. The number of aromatic nitrogens is 1. The van der Waals surface area contributed by atoms with Crippen molar-refractivity contribution in [2.45, 2.75) is 38.6 Å². The minimum absolute atomic E-state index is 0.0253. The van der Waals surface area contributed by atoms with Crippen LogP contribution in [0.3, 0.4) is 0 Å². The Morgan fingerprint density at radius 1 is 1.24 bits per heavy atom. The van der Waals surface area contributed by atoms with E-state index < -0.39 is 18.6 Å². The molecule has 37 heavy (non-hydrogen) atoms. The van der Waals surface area contributed by atoms with Crippen molar-refractivity contribution < 1.29 is 36.6 Å². The minimum atomic E-state index is -3.03. The fourth-order valence-corrected chi connectivity index (χ4v) is 4.07. The third-order valence-electron chi connectivity index (χ3n) is 5.87. The number of nitrogens with zero attached hydrogens (tertiary/aromatic N) is 1. The summed E-state index contributed by atoms with van der Waals surface area (Å²) in [4.78, 5) is 17.4. The number of carbonyl (C=O) groups is 1. The first-order valence-electron chi connectivity index (χ1n) is 11.7. The van der Waals surface area contributed by atoms with Crippen LogP contribution in [0.5, 0.6) is 11.5 Å². The number of furan rings is 1. The van der Waals surface area contributed by atoms with Crippen LogP contribution in [0, 0.1) is 0 Å². The highest BCUT2D eigenvalue weighted by molar-refractivity contribution is 5.94. The summed E-state index contributed by atoms with van der Waals surface area (Å²) in [5, 5.41) is 3.72. The van der Waals surface area contributed by atoms with Gasteiger partial charge in [-0.25, -0.2) is 4.98 Å². The Morgan fingerprint density at radius 3 is 2.84 bits per heavy atom. The van der Waals surface area contributed by atoms with Gasteiger partial charge in [0.05, 0.1) is 25.5 Å². The first kappa shape index (κ1) is 24.7. The monoisotopic (exact) mass is 513 g/mol. The van der Waals surface area contributed by atoms with Crippen LogP contribution in [-0.4, -0.2) is 36.8 Å². The number of ether oxygens (including phenoxy) is 3. The number of hydrogen-bond acceptors (Lipinski definition) is 8. The number of nitrogens with two attached hydrogens (primary N) is 1. The summed E-state index contributed by atoms with van der Waals surface area (Å²) >= 11 is 0. The standard InChI is InChI=1S/C26H25F2N3O6/c1-14(29)23-22(24(32)30-11-16-12-34-19-5-3-2-4-18(16)19)31-25(37-23)15-6-7-20(36-26(27)28)21(10-15)35-17-8-9-33-13-17/h2-7,10,12,14,17,26H,8-9,11,13,29H2,1H3,(H,30,32)/t14-,17?/m0/s1. The topological polar surface area (TPSA) is 122 Å². The van der Waals surface area contributed by atoms with E-state index in [1.54, 1.807) is 13.2 Å². The van der Waals surface area contributed by atoms with E-state index in [2.05, 4.69) is 15.0 Å². The van der Waals surface area contributed by atoms with Gasteiger partial charge in [0.25, 0.3) is 5.91 Å². The quantitative estimate of drug-likeness (QED) is 0.327. The Balaban J connectivity index is 1.40. The molecule has 1 amide bonds. The van der Waals surface area contributed by atoms with E-state index in [9.17, 15) is 13.6 Å². The summed E-state index contributed by atoms with van der Waals surface area (Å²) in [6.45, 7) is -0.305. The molecule has 2 aromatic heterocycles. The van der Waals surface area contributed by atoms with Crippen molar-refractivity contribution in [1.82, 2.24) is 10.3 Å². The number of benzene rings is 2. The molecule has 1 aliphatic rings. The highest BCUT2D eigenvalue weighted by Crippen LogP contribution is 2.36. The maximum atomic E-state index is 13.1. The van der Waals surface area contributed by atoms with Crippen molar-refractivity contribution in [1.29, 1.82) is 0 Å². The Labute approximate surface area is 210 Å². The third kappa shape index (κ3) is 5.42. The molecule has 1 aliphatic heterocycles. The van der Waals surface area contributed by atoms with E-state index in [1.807, 2.05) is 24.3 Å². The van der Waals surface area contributed by atoms with E-state index in [-0.39, 0.29) is 41.5 Å². The summed E-state index contributed by atoms with van der Waals surface area (Å²) in [6, 6.07) is 11.2. The van der Waals surface area contributed by atoms with E-state index in [1.165, 1.54) is 18.2 Å². The van der Waals surface area contributed by atoms with Crippen LogP contribution in [0.4, 0.5) is 8.78 Å². The number of nitrogens with one attached hydrogen (secondary N) is 1. The maximum Gasteiger partial charge on any atom is 0.387 e. The Hall–Kier alpha value is -3.96. The molecule has 5 rings (SSSR count). The van der Waals surface area contributed by atoms with Crippen molar-refractivity contribution in [2.75, 3.05) is 13.2 Å². The van der Waals surface area contributed by atoms with E-state index >= 15 is 0 Å². The first-order chi connectivity index (χ1) is 17.9. The van der Waals surface area contributed by atoms with Crippen LogP contribution >= 0.6 is 0 Å². The van der Waals surface area contributed by atoms with Gasteiger partial charge in [0.1, 0.15) is 11.7 Å². The zero-order chi connectivity index (χ0) is 25.9. The van der Waals surface area contributed by atoms with Crippen LogP contribution in [0.2, 0.25) is 0 Å². The summed E-state index contributed by atoms with van der Waals surface area (Å²) in [6.07, 6.45) is 1.90. The van der Waals surface area contributed by atoms with Gasteiger partial charge in [-0.05, 0) is 31.2 Å². The highest BCUT2D eigenvalue weighted by Gasteiger charge is 2.26. The second-order valence-corrected chi connectivity index (χ2v) is 8.60. The van der Waals surface area contributed by atoms with Crippen LogP contribution < -0.4 is 20.5 Å².